The predicted molar refractivity (Wildman–Crippen MR) is 41.2 cm³/mol. The van der Waals surface area contributed by atoms with Crippen LogP contribution in [-0.4, -0.2) is 32.1 Å². The van der Waals surface area contributed by atoms with Crippen molar-refractivity contribution in [1.82, 2.24) is 0 Å². The molecule has 3 nitrogen and oxygen atoms in total. The van der Waals surface area contributed by atoms with E-state index in [2.05, 4.69) is 6.58 Å². The predicted octanol–water partition coefficient (Wildman–Crippen LogP) is 0.125. The fourth-order valence-electron chi connectivity index (χ4n) is 0.350. The van der Waals surface area contributed by atoms with Crippen molar-refractivity contribution in [2.24, 2.45) is 5.73 Å². The van der Waals surface area contributed by atoms with E-state index in [9.17, 15) is 4.79 Å². The molecular formula is C6H11NO2Se. The molecule has 10 heavy (non-hydrogen) atoms. The first kappa shape index (κ1) is 9.69. The summed E-state index contributed by atoms with van der Waals surface area (Å²) < 4.78 is 0. The van der Waals surface area contributed by atoms with Crippen LogP contribution in [-0.2, 0) is 4.79 Å². The van der Waals surface area contributed by atoms with Crippen LogP contribution >= 0.6 is 0 Å². The summed E-state index contributed by atoms with van der Waals surface area (Å²) in [6.45, 7) is 3.53. The van der Waals surface area contributed by atoms with Crippen LogP contribution in [0, 0.1) is 0 Å². The first-order chi connectivity index (χ1) is 4.68. The Labute approximate surface area is 66.5 Å². The SMILES string of the molecule is C=CC[Se]CC(N)C(=O)O. The number of rotatable bonds is 5. The number of nitrogens with two attached hydrogens (primary N) is 1. The van der Waals surface area contributed by atoms with E-state index in [-0.39, 0.29) is 0 Å². The number of carboxylic acids is 1. The summed E-state index contributed by atoms with van der Waals surface area (Å²) in [6, 6.07) is -0.681. The Bertz CT molecular complexity index is 127. The van der Waals surface area contributed by atoms with Crippen LogP contribution in [0.3, 0.4) is 0 Å². The van der Waals surface area contributed by atoms with Gasteiger partial charge < -0.3 is 0 Å². The number of allylic oxidation sites excluding steroid dienone is 1. The second-order valence-electron chi connectivity index (χ2n) is 1.77. The summed E-state index contributed by atoms with van der Waals surface area (Å²) in [4.78, 5) is 10.2. The molecule has 4 heteroatoms. The summed E-state index contributed by atoms with van der Waals surface area (Å²) >= 11 is 0.305. The second-order valence-corrected chi connectivity index (χ2v) is 4.03. The van der Waals surface area contributed by atoms with E-state index in [1.807, 2.05) is 0 Å². The molecule has 0 heterocycles. The molecule has 0 rings (SSSR count). The van der Waals surface area contributed by atoms with E-state index in [1.165, 1.54) is 0 Å². The molecule has 0 saturated carbocycles. The first-order valence-electron chi connectivity index (χ1n) is 2.85. The van der Waals surface area contributed by atoms with Gasteiger partial charge in [-0.2, -0.15) is 0 Å². The first-order valence-corrected chi connectivity index (χ1v) is 5.27. The Balaban J connectivity index is 3.30. The fraction of sp³-hybridized carbons (Fsp3) is 0.500. The van der Waals surface area contributed by atoms with Crippen LogP contribution in [0.15, 0.2) is 12.7 Å². The molecule has 0 aliphatic heterocycles. The molecule has 58 valence electrons. The van der Waals surface area contributed by atoms with Gasteiger partial charge in [0.1, 0.15) is 0 Å². The van der Waals surface area contributed by atoms with Gasteiger partial charge in [-0.1, -0.05) is 0 Å². The molecule has 1 unspecified atom stereocenters. The van der Waals surface area contributed by atoms with Crippen LogP contribution in [0.4, 0.5) is 0 Å². The number of carboxylic acid groups (broad SMARTS) is 1. The fourth-order valence-corrected chi connectivity index (χ4v) is 1.82. The van der Waals surface area contributed by atoms with Crippen LogP contribution < -0.4 is 5.73 Å². The Morgan fingerprint density at radius 3 is 2.90 bits per heavy atom. The van der Waals surface area contributed by atoms with E-state index in [0.717, 1.165) is 5.32 Å². The summed E-state index contributed by atoms with van der Waals surface area (Å²) in [5.74, 6) is -0.911. The third-order valence-electron chi connectivity index (χ3n) is 0.850. The van der Waals surface area contributed by atoms with Gasteiger partial charge in [-0.15, -0.1) is 0 Å². The molecule has 1 atom stereocenters. The number of aliphatic carboxylic acids is 1. The normalized spacial score (nSPS) is 12.5. The molecule has 0 aromatic rings. The summed E-state index contributed by atoms with van der Waals surface area (Å²) in [6.07, 6.45) is 1.79. The maximum absolute atomic E-state index is 10.2. The Morgan fingerprint density at radius 2 is 2.50 bits per heavy atom. The van der Waals surface area contributed by atoms with Crippen molar-refractivity contribution in [2.45, 2.75) is 16.7 Å². The molecule has 0 aliphatic carbocycles. The molecular weight excluding hydrogens is 197 g/mol. The molecule has 0 saturated heterocycles. The summed E-state index contributed by atoms with van der Waals surface area (Å²) in [7, 11) is 0. The molecule has 0 fully saturated rings. The number of hydrogen-bond donors (Lipinski definition) is 2. The summed E-state index contributed by atoms with van der Waals surface area (Å²) in [5.41, 5.74) is 5.24. The van der Waals surface area contributed by atoms with Gasteiger partial charge in [0.05, 0.1) is 0 Å². The minimum absolute atomic E-state index is 0.305. The maximum atomic E-state index is 10.2. The van der Waals surface area contributed by atoms with Gasteiger partial charge >= 0.3 is 65.9 Å². The zero-order valence-electron chi connectivity index (χ0n) is 5.62. The van der Waals surface area contributed by atoms with Gasteiger partial charge in [-0.3, -0.25) is 0 Å². The molecule has 0 aromatic carbocycles. The van der Waals surface area contributed by atoms with E-state index in [4.69, 9.17) is 10.8 Å². The minimum atomic E-state index is -0.911. The Hall–Kier alpha value is -0.311. The average molecular weight is 208 g/mol. The van der Waals surface area contributed by atoms with Crippen LogP contribution in [0.25, 0.3) is 0 Å². The van der Waals surface area contributed by atoms with Gasteiger partial charge in [0, 0.05) is 0 Å². The average Bonchev–Trinajstić information content (AvgIpc) is 1.88. The number of hydrogen-bond acceptors (Lipinski definition) is 2. The van der Waals surface area contributed by atoms with Crippen molar-refractivity contribution in [3.8, 4) is 0 Å². The quantitative estimate of drug-likeness (QED) is 0.383. The van der Waals surface area contributed by atoms with Gasteiger partial charge in [0.15, 0.2) is 0 Å². The van der Waals surface area contributed by atoms with Gasteiger partial charge in [-0.05, 0) is 0 Å². The standard InChI is InChI=1S/C6H11NO2Se/c1-2-3-10-4-5(7)6(8)9/h2,5H,1,3-4,7H2,(H,8,9). The summed E-state index contributed by atoms with van der Waals surface area (Å²) in [5, 5.41) is 9.83. The molecule has 0 aliphatic rings. The zero-order valence-corrected chi connectivity index (χ0v) is 7.33. The van der Waals surface area contributed by atoms with E-state index < -0.39 is 12.0 Å². The molecule has 0 amide bonds. The molecule has 0 radical (unpaired) electrons. The van der Waals surface area contributed by atoms with Crippen LogP contribution in [0.2, 0.25) is 10.6 Å². The van der Waals surface area contributed by atoms with Crippen molar-refractivity contribution in [2.75, 3.05) is 0 Å². The van der Waals surface area contributed by atoms with E-state index >= 15 is 0 Å². The van der Waals surface area contributed by atoms with Crippen molar-refractivity contribution >= 4 is 20.9 Å². The monoisotopic (exact) mass is 209 g/mol. The van der Waals surface area contributed by atoms with Crippen molar-refractivity contribution in [3.05, 3.63) is 12.7 Å². The molecule has 0 aromatic heterocycles. The zero-order chi connectivity index (χ0) is 7.98. The van der Waals surface area contributed by atoms with E-state index in [0.29, 0.717) is 20.3 Å². The van der Waals surface area contributed by atoms with Crippen molar-refractivity contribution in [1.29, 1.82) is 0 Å². The van der Waals surface area contributed by atoms with E-state index in [1.54, 1.807) is 6.08 Å². The van der Waals surface area contributed by atoms with Crippen LogP contribution in [0.5, 0.6) is 0 Å². The number of carbonyl (C=O) groups is 1. The van der Waals surface area contributed by atoms with Crippen molar-refractivity contribution < 1.29 is 9.90 Å². The third-order valence-corrected chi connectivity index (χ3v) is 3.09. The van der Waals surface area contributed by atoms with Gasteiger partial charge in [-0.25, -0.2) is 0 Å². The molecule has 0 spiro atoms. The van der Waals surface area contributed by atoms with Gasteiger partial charge in [0.25, 0.3) is 0 Å². The van der Waals surface area contributed by atoms with Crippen molar-refractivity contribution in [3.63, 3.8) is 0 Å². The second kappa shape index (κ2) is 5.47. The third kappa shape index (κ3) is 4.56. The van der Waals surface area contributed by atoms with Crippen LogP contribution in [0.1, 0.15) is 0 Å². The Kier molecular flexibility index (Phi) is 5.30. The van der Waals surface area contributed by atoms with Gasteiger partial charge in [0.2, 0.25) is 0 Å². The molecule has 3 N–H and O–H groups in total. The molecule has 0 bridgehead atoms. The topological polar surface area (TPSA) is 63.3 Å². The Morgan fingerprint density at radius 1 is 1.90 bits per heavy atom.